The van der Waals surface area contributed by atoms with E-state index >= 15 is 0 Å². The summed E-state index contributed by atoms with van der Waals surface area (Å²) in [6.45, 7) is 1.94. The maximum Gasteiger partial charge on any atom is 0.252 e. The number of aromatic nitrogens is 2. The van der Waals surface area contributed by atoms with Gasteiger partial charge in [-0.1, -0.05) is 279 Å². The van der Waals surface area contributed by atoms with Gasteiger partial charge in [0.1, 0.15) is 0 Å². The summed E-state index contributed by atoms with van der Waals surface area (Å²) in [7, 11) is 0. The molecule has 19 aromatic rings. The van der Waals surface area contributed by atoms with E-state index in [1.165, 1.54) is 5.46 Å². The molecule has 2 aliphatic rings. The number of hydrogen-bond acceptors (Lipinski definition) is 4. The molecule has 6 nitrogen and oxygen atoms in total. The fourth-order valence-electron chi connectivity index (χ4n) is 18.0. The van der Waals surface area contributed by atoms with Crippen LogP contribution in [0.15, 0.2) is 388 Å². The monoisotopic (exact) mass is 1420 g/mol. The molecule has 0 aliphatic carbocycles. The highest BCUT2D eigenvalue weighted by molar-refractivity contribution is 7.00. The molecular weight excluding hydrogens is 1360 g/mol. The third-order valence-electron chi connectivity index (χ3n) is 22.9. The third kappa shape index (κ3) is 10.8. The molecule has 0 saturated carbocycles. The van der Waals surface area contributed by atoms with Gasteiger partial charge >= 0.3 is 0 Å². The predicted octanol–water partition coefficient (Wildman–Crippen LogP) is 25.4. The number of rotatable bonds is 12. The third-order valence-corrected chi connectivity index (χ3v) is 22.9. The van der Waals surface area contributed by atoms with Gasteiger partial charge in [-0.2, -0.15) is 10.5 Å². The van der Waals surface area contributed by atoms with E-state index in [-0.39, 0.29) is 6.71 Å². The highest BCUT2D eigenvalue weighted by Gasteiger charge is 2.46. The number of fused-ring (bicyclic) bond motifs is 10. The molecule has 0 radical (unpaired) electrons. The first kappa shape index (κ1) is 65.3. The van der Waals surface area contributed by atoms with E-state index in [0.717, 1.165) is 195 Å². The molecule has 0 atom stereocenters. The fraction of sp³-hybridized carbons (Fsp3) is 0.00952. The van der Waals surface area contributed by atoms with Crippen molar-refractivity contribution in [3.05, 3.63) is 405 Å². The van der Waals surface area contributed by atoms with Crippen LogP contribution in [0.5, 0.6) is 0 Å². The largest absolute Gasteiger partial charge is 0.310 e. The van der Waals surface area contributed by atoms with E-state index in [1.807, 2.05) is 24.3 Å². The summed E-state index contributed by atoms with van der Waals surface area (Å²) in [5.41, 5.74) is 35.8. The van der Waals surface area contributed by atoms with Crippen molar-refractivity contribution in [1.29, 1.82) is 10.5 Å². The molecule has 0 spiro atoms. The van der Waals surface area contributed by atoms with E-state index in [4.69, 9.17) is 0 Å². The lowest BCUT2D eigenvalue weighted by Gasteiger charge is -2.46. The van der Waals surface area contributed by atoms with Crippen molar-refractivity contribution < 1.29 is 0 Å². The molecule has 0 saturated heterocycles. The van der Waals surface area contributed by atoms with Gasteiger partial charge in [0, 0.05) is 77.9 Å². The minimum atomic E-state index is -0.337. The summed E-state index contributed by atoms with van der Waals surface area (Å²) in [5.74, 6) is 0. The van der Waals surface area contributed by atoms with Crippen LogP contribution in [-0.4, -0.2) is 15.8 Å². The topological polar surface area (TPSA) is 63.9 Å². The van der Waals surface area contributed by atoms with E-state index in [0.29, 0.717) is 11.1 Å². The number of para-hydroxylation sites is 4. The fourth-order valence-corrected chi connectivity index (χ4v) is 18.0. The standard InChI is InChI=1S/C105H67BN6/c1-68-56-101-103-102(57-68)112(105-87(81-38-20-34-77(62-81)73-28-10-4-11-29-73)44-23-45-88(105)82-39-21-35-78(63-82)74-30-12-5-13-31-74)100-65-84(110-96-47-17-15-41-90(96)92-59-70(67-108)49-55-98(92)110)51-53-94(100)106(103)93-52-50-83(109-95-46-16-14-40-89(95)91-58-69(66-107)48-54-97(91)109)64-99(93)111(101)104-85(79-36-18-32-75(60-79)71-24-6-2-7-25-71)42-22-43-86(104)80-37-19-33-76(61-80)72-26-8-3-9-27-72/h2-65H,1H3. The number of nitriles is 2. The van der Waals surface area contributed by atoms with E-state index in [2.05, 4.69) is 402 Å². The van der Waals surface area contributed by atoms with E-state index in [1.54, 1.807) is 0 Å². The Morgan fingerprint density at radius 2 is 0.545 bits per heavy atom. The number of anilines is 6. The van der Waals surface area contributed by atoms with Gasteiger partial charge in [-0.3, -0.25) is 0 Å². The number of hydrogen-bond donors (Lipinski definition) is 0. The van der Waals surface area contributed by atoms with Crippen LogP contribution in [0.1, 0.15) is 16.7 Å². The summed E-state index contributed by atoms with van der Waals surface area (Å²) >= 11 is 0. The molecule has 112 heavy (non-hydrogen) atoms. The summed E-state index contributed by atoms with van der Waals surface area (Å²) in [6, 6.07) is 147. The van der Waals surface area contributed by atoms with Crippen molar-refractivity contribution in [2.75, 3.05) is 9.80 Å². The zero-order valence-corrected chi connectivity index (χ0v) is 61.2. The Kier molecular flexibility index (Phi) is 15.6. The van der Waals surface area contributed by atoms with E-state index < -0.39 is 0 Å². The van der Waals surface area contributed by atoms with Crippen molar-refractivity contribution in [1.82, 2.24) is 9.13 Å². The minimum Gasteiger partial charge on any atom is -0.310 e. The van der Waals surface area contributed by atoms with Crippen LogP contribution in [0.25, 0.3) is 144 Å². The van der Waals surface area contributed by atoms with E-state index in [9.17, 15) is 10.5 Å². The molecule has 17 aromatic carbocycles. The molecule has 21 rings (SSSR count). The van der Waals surface area contributed by atoms with Crippen LogP contribution in [-0.2, 0) is 0 Å². The molecule has 0 fully saturated rings. The Bertz CT molecular complexity index is 6500. The second-order valence-corrected chi connectivity index (χ2v) is 29.4. The predicted molar refractivity (Wildman–Crippen MR) is 467 cm³/mol. The maximum absolute atomic E-state index is 10.5. The molecular formula is C105H67BN6. The minimum absolute atomic E-state index is 0.337. The highest BCUT2D eigenvalue weighted by atomic mass is 15.2. The average molecular weight is 1420 g/mol. The van der Waals surface area contributed by atoms with Crippen LogP contribution in [0.4, 0.5) is 34.1 Å². The average Bonchev–Trinajstić information content (AvgIpc) is 0.723. The number of nitrogens with zero attached hydrogens (tertiary/aromatic N) is 6. The van der Waals surface area contributed by atoms with Crippen LogP contribution in [0.3, 0.4) is 0 Å². The first-order valence-electron chi connectivity index (χ1n) is 38.2. The van der Waals surface area contributed by atoms with Gasteiger partial charge in [-0.25, -0.2) is 0 Å². The molecule has 0 N–H and O–H groups in total. The van der Waals surface area contributed by atoms with Gasteiger partial charge < -0.3 is 18.9 Å². The van der Waals surface area contributed by atoms with Crippen LogP contribution >= 0.6 is 0 Å². The molecule has 2 aromatic heterocycles. The quantitative estimate of drug-likeness (QED) is 0.114. The second-order valence-electron chi connectivity index (χ2n) is 29.4. The Morgan fingerprint density at radius 1 is 0.241 bits per heavy atom. The lowest BCUT2D eigenvalue weighted by molar-refractivity contribution is 1.16. The molecule has 4 heterocycles. The molecule has 0 bridgehead atoms. The SMILES string of the molecule is Cc1cc2c3c(c1)N(c1c(-c4cccc(-c5ccccc5)c4)cccc1-c1cccc(-c4ccccc4)c1)c1cc(-n4c5ccccc5c5cc(C#N)ccc54)ccc1B3c1ccc(-n3c4ccccc4c4cc(C#N)ccc43)cc1N2c1c(-c2cccc(-c3ccccc3)c2)cccc1-c1cccc(-c2ccccc2)c1. The van der Waals surface area contributed by atoms with Crippen molar-refractivity contribution >= 4 is 101 Å². The molecule has 7 heteroatoms. The lowest BCUT2D eigenvalue weighted by Crippen LogP contribution is -2.61. The normalized spacial score (nSPS) is 12.1. The van der Waals surface area contributed by atoms with Crippen LogP contribution in [0.2, 0.25) is 0 Å². The van der Waals surface area contributed by atoms with Crippen molar-refractivity contribution in [2.24, 2.45) is 0 Å². The number of benzene rings is 17. The lowest BCUT2D eigenvalue weighted by atomic mass is 9.33. The van der Waals surface area contributed by atoms with Crippen molar-refractivity contribution in [3.63, 3.8) is 0 Å². The van der Waals surface area contributed by atoms with Crippen molar-refractivity contribution in [3.8, 4) is 113 Å². The van der Waals surface area contributed by atoms with Crippen molar-refractivity contribution in [2.45, 2.75) is 6.92 Å². The maximum atomic E-state index is 10.5. The van der Waals surface area contributed by atoms with Crippen LogP contribution in [0, 0.1) is 29.6 Å². The van der Waals surface area contributed by atoms with Gasteiger partial charge in [0.2, 0.25) is 0 Å². The summed E-state index contributed by atoms with van der Waals surface area (Å²) in [5, 5.41) is 25.1. The Hall–Kier alpha value is -15.0. The first-order chi connectivity index (χ1) is 55.4. The highest BCUT2D eigenvalue weighted by Crippen LogP contribution is 2.55. The Morgan fingerprint density at radius 3 is 0.893 bits per heavy atom. The summed E-state index contributed by atoms with van der Waals surface area (Å²) in [6.07, 6.45) is 0. The van der Waals surface area contributed by atoms with Gasteiger partial charge in [0.25, 0.3) is 6.71 Å². The smallest absolute Gasteiger partial charge is 0.252 e. The molecule has 0 amide bonds. The number of aryl methyl sites for hydroxylation is 1. The zero-order valence-electron chi connectivity index (χ0n) is 61.2. The van der Waals surface area contributed by atoms with Gasteiger partial charge in [-0.15, -0.1) is 0 Å². The van der Waals surface area contributed by atoms with Gasteiger partial charge in [0.15, 0.2) is 0 Å². The molecule has 0 unspecified atom stereocenters. The summed E-state index contributed by atoms with van der Waals surface area (Å²) in [4.78, 5) is 5.28. The second kappa shape index (κ2) is 26.7. The van der Waals surface area contributed by atoms with Gasteiger partial charge in [-0.05, 0) is 205 Å². The molecule has 520 valence electrons. The van der Waals surface area contributed by atoms with Crippen LogP contribution < -0.4 is 26.2 Å². The van der Waals surface area contributed by atoms with Gasteiger partial charge in [0.05, 0.1) is 56.7 Å². The zero-order chi connectivity index (χ0) is 74.5. The Labute approximate surface area is 650 Å². The molecule has 2 aliphatic heterocycles. The Balaban J connectivity index is 0.907. The summed E-state index contributed by atoms with van der Waals surface area (Å²) < 4.78 is 4.79. The first-order valence-corrected chi connectivity index (χ1v) is 38.2.